The molecule has 0 aliphatic rings. The molecule has 0 fully saturated rings. The summed E-state index contributed by atoms with van der Waals surface area (Å²) in [6.07, 6.45) is 0.243. The minimum atomic E-state index is -3.50. The quantitative estimate of drug-likeness (QED) is 0.787. The second kappa shape index (κ2) is 4.57. The largest absolute Gasteiger partial charge is 0.298 e. The van der Waals surface area contributed by atoms with Gasteiger partial charge in [0, 0.05) is 6.42 Å². The molecule has 15 heavy (non-hydrogen) atoms. The summed E-state index contributed by atoms with van der Waals surface area (Å²) in [5.74, 6) is -0.251. The van der Waals surface area contributed by atoms with Gasteiger partial charge in [0.05, 0.1) is 4.90 Å². The first kappa shape index (κ1) is 11.9. The first-order chi connectivity index (χ1) is 7.00. The normalized spacial score (nSPS) is 13.5. The second-order valence-electron chi connectivity index (χ2n) is 3.32. The van der Waals surface area contributed by atoms with Crippen LogP contribution in [0, 0.1) is 0 Å². The van der Waals surface area contributed by atoms with Crippen LogP contribution in [0.4, 0.5) is 0 Å². The van der Waals surface area contributed by atoms with Gasteiger partial charge in [-0.1, -0.05) is 25.1 Å². The van der Waals surface area contributed by atoms with Crippen LogP contribution >= 0.6 is 0 Å². The van der Waals surface area contributed by atoms with Gasteiger partial charge in [0.25, 0.3) is 0 Å². The number of carbonyl (C=O) groups is 1. The Morgan fingerprint density at radius 3 is 2.27 bits per heavy atom. The van der Waals surface area contributed by atoms with Crippen LogP contribution in [0.25, 0.3) is 0 Å². The predicted octanol–water partition coefficient (Wildman–Crippen LogP) is 1.83. The van der Waals surface area contributed by atoms with Crippen LogP contribution in [-0.2, 0) is 14.6 Å². The molecular formula is C11H14O3S. The molecule has 0 spiro atoms. The second-order valence-corrected chi connectivity index (χ2v) is 5.59. The number of benzene rings is 1. The third-order valence-electron chi connectivity index (χ3n) is 2.34. The first-order valence-corrected chi connectivity index (χ1v) is 6.36. The highest BCUT2D eigenvalue weighted by molar-refractivity contribution is 7.92. The van der Waals surface area contributed by atoms with Crippen LogP contribution in [0.2, 0.25) is 0 Å². The highest BCUT2D eigenvalue weighted by atomic mass is 32.2. The van der Waals surface area contributed by atoms with Crippen molar-refractivity contribution in [2.75, 3.05) is 0 Å². The fourth-order valence-corrected chi connectivity index (χ4v) is 2.73. The van der Waals surface area contributed by atoms with E-state index in [1.54, 1.807) is 25.1 Å². The lowest BCUT2D eigenvalue weighted by Gasteiger charge is -2.10. The van der Waals surface area contributed by atoms with Crippen molar-refractivity contribution in [3.05, 3.63) is 30.3 Å². The number of carbonyl (C=O) groups excluding carboxylic acids is 1. The molecule has 0 N–H and O–H groups in total. The summed E-state index contributed by atoms with van der Waals surface area (Å²) < 4.78 is 23.8. The van der Waals surface area contributed by atoms with Crippen LogP contribution < -0.4 is 0 Å². The SMILES string of the molecule is CCC(=O)C(C)S(=O)(=O)c1ccccc1. The number of sulfone groups is 1. The maximum absolute atomic E-state index is 11.9. The number of Topliss-reactive ketones (excluding diaryl/α,β-unsaturated/α-hetero) is 1. The van der Waals surface area contributed by atoms with Crippen molar-refractivity contribution in [2.24, 2.45) is 0 Å². The van der Waals surface area contributed by atoms with Crippen molar-refractivity contribution in [3.8, 4) is 0 Å². The Morgan fingerprint density at radius 1 is 1.27 bits per heavy atom. The zero-order valence-corrected chi connectivity index (χ0v) is 9.62. The molecule has 0 aliphatic heterocycles. The fraction of sp³-hybridized carbons (Fsp3) is 0.364. The summed E-state index contributed by atoms with van der Waals surface area (Å²) in [7, 11) is -3.50. The zero-order chi connectivity index (χ0) is 11.5. The topological polar surface area (TPSA) is 51.2 Å². The molecule has 1 unspecified atom stereocenters. The Kier molecular flexibility index (Phi) is 3.63. The van der Waals surface area contributed by atoms with E-state index in [0.29, 0.717) is 0 Å². The molecule has 0 bridgehead atoms. The summed E-state index contributed by atoms with van der Waals surface area (Å²) in [4.78, 5) is 11.6. The zero-order valence-electron chi connectivity index (χ0n) is 8.80. The Hall–Kier alpha value is -1.16. The standard InChI is InChI=1S/C11H14O3S/c1-3-11(12)9(2)15(13,14)10-7-5-4-6-8-10/h4-9H,3H2,1-2H3. The van der Waals surface area contributed by atoms with Crippen molar-refractivity contribution in [1.82, 2.24) is 0 Å². The molecule has 1 rings (SSSR count). The number of hydrogen-bond donors (Lipinski definition) is 0. The van der Waals surface area contributed by atoms with Gasteiger partial charge < -0.3 is 0 Å². The van der Waals surface area contributed by atoms with E-state index >= 15 is 0 Å². The lowest BCUT2D eigenvalue weighted by Crippen LogP contribution is -2.26. The molecule has 0 amide bonds. The summed E-state index contributed by atoms with van der Waals surface area (Å²) in [6.45, 7) is 3.10. The van der Waals surface area contributed by atoms with Gasteiger partial charge in [-0.15, -0.1) is 0 Å². The van der Waals surface area contributed by atoms with Gasteiger partial charge in [-0.25, -0.2) is 8.42 Å². The van der Waals surface area contributed by atoms with Gasteiger partial charge in [-0.3, -0.25) is 4.79 Å². The highest BCUT2D eigenvalue weighted by Crippen LogP contribution is 2.16. The lowest BCUT2D eigenvalue weighted by molar-refractivity contribution is -0.118. The molecular weight excluding hydrogens is 212 g/mol. The van der Waals surface area contributed by atoms with Crippen LogP contribution in [0.15, 0.2) is 35.2 Å². The van der Waals surface area contributed by atoms with Gasteiger partial charge in [0.1, 0.15) is 5.25 Å². The maximum Gasteiger partial charge on any atom is 0.188 e. The van der Waals surface area contributed by atoms with E-state index in [1.807, 2.05) is 0 Å². The van der Waals surface area contributed by atoms with Crippen LogP contribution in [0.5, 0.6) is 0 Å². The molecule has 1 atom stereocenters. The van der Waals surface area contributed by atoms with Crippen molar-refractivity contribution in [3.63, 3.8) is 0 Å². The first-order valence-electron chi connectivity index (χ1n) is 4.81. The van der Waals surface area contributed by atoms with E-state index in [1.165, 1.54) is 19.1 Å². The maximum atomic E-state index is 11.9. The third kappa shape index (κ3) is 2.45. The Bertz CT molecular complexity index is 434. The van der Waals surface area contributed by atoms with Gasteiger partial charge in [-0.05, 0) is 19.1 Å². The molecule has 0 aliphatic carbocycles. The molecule has 0 aromatic heterocycles. The van der Waals surface area contributed by atoms with E-state index in [9.17, 15) is 13.2 Å². The number of rotatable bonds is 4. The summed E-state index contributed by atoms with van der Waals surface area (Å²) in [6, 6.07) is 8.06. The fourth-order valence-electron chi connectivity index (χ4n) is 1.27. The third-order valence-corrected chi connectivity index (χ3v) is 4.46. The molecule has 0 heterocycles. The monoisotopic (exact) mass is 226 g/mol. The molecule has 0 radical (unpaired) electrons. The molecule has 3 nitrogen and oxygen atoms in total. The van der Waals surface area contributed by atoms with Crippen LogP contribution in [-0.4, -0.2) is 19.5 Å². The molecule has 1 aromatic rings. The Labute approximate surface area is 90.0 Å². The minimum absolute atomic E-state index is 0.208. The molecule has 4 heteroatoms. The molecule has 0 saturated carbocycles. The van der Waals surface area contributed by atoms with E-state index in [4.69, 9.17) is 0 Å². The van der Waals surface area contributed by atoms with E-state index < -0.39 is 15.1 Å². The average Bonchev–Trinajstić information content (AvgIpc) is 2.28. The van der Waals surface area contributed by atoms with Crippen LogP contribution in [0.3, 0.4) is 0 Å². The average molecular weight is 226 g/mol. The minimum Gasteiger partial charge on any atom is -0.298 e. The number of ketones is 1. The number of hydrogen-bond acceptors (Lipinski definition) is 3. The molecule has 82 valence electrons. The predicted molar refractivity (Wildman–Crippen MR) is 58.4 cm³/mol. The van der Waals surface area contributed by atoms with Gasteiger partial charge in [0.15, 0.2) is 15.6 Å². The van der Waals surface area contributed by atoms with Crippen molar-refractivity contribution >= 4 is 15.6 Å². The lowest BCUT2D eigenvalue weighted by atomic mass is 10.2. The summed E-state index contributed by atoms with van der Waals surface area (Å²) in [5, 5.41) is -0.954. The highest BCUT2D eigenvalue weighted by Gasteiger charge is 2.27. The molecule has 0 saturated heterocycles. The van der Waals surface area contributed by atoms with Crippen molar-refractivity contribution in [2.45, 2.75) is 30.4 Å². The van der Waals surface area contributed by atoms with Crippen LogP contribution in [0.1, 0.15) is 20.3 Å². The smallest absolute Gasteiger partial charge is 0.188 e. The summed E-state index contributed by atoms with van der Waals surface area (Å²) >= 11 is 0. The Balaban J connectivity index is 3.09. The van der Waals surface area contributed by atoms with Crippen molar-refractivity contribution < 1.29 is 13.2 Å². The van der Waals surface area contributed by atoms with Crippen molar-refractivity contribution in [1.29, 1.82) is 0 Å². The van der Waals surface area contributed by atoms with E-state index in [2.05, 4.69) is 0 Å². The Morgan fingerprint density at radius 2 is 1.80 bits per heavy atom. The van der Waals surface area contributed by atoms with Gasteiger partial charge in [0.2, 0.25) is 0 Å². The van der Waals surface area contributed by atoms with Gasteiger partial charge >= 0.3 is 0 Å². The van der Waals surface area contributed by atoms with E-state index in [0.717, 1.165) is 0 Å². The summed E-state index contributed by atoms with van der Waals surface area (Å²) in [5.41, 5.74) is 0. The van der Waals surface area contributed by atoms with Gasteiger partial charge in [-0.2, -0.15) is 0 Å². The molecule has 1 aromatic carbocycles. The van der Waals surface area contributed by atoms with E-state index in [-0.39, 0.29) is 17.1 Å².